The highest BCUT2D eigenvalue weighted by atomic mass is 32.1. The molecule has 0 saturated carbocycles. The number of likely N-dealkylation sites (N-methyl/N-ethyl adjacent to an activating group) is 1. The quantitative estimate of drug-likeness (QED) is 0.743. The number of aromatic nitrogens is 1. The van der Waals surface area contributed by atoms with Crippen LogP contribution in [0.5, 0.6) is 0 Å². The van der Waals surface area contributed by atoms with Gasteiger partial charge in [-0.1, -0.05) is 27.7 Å². The monoisotopic (exact) mass is 284 g/mol. The second-order valence-corrected chi connectivity index (χ2v) is 6.91. The van der Waals surface area contributed by atoms with Crippen LogP contribution in [-0.4, -0.2) is 31.3 Å². The number of nitrogens with zero attached hydrogens (tertiary/aromatic N) is 1. The third-order valence-electron chi connectivity index (χ3n) is 3.14. The van der Waals surface area contributed by atoms with Crippen LogP contribution in [0.25, 0.3) is 0 Å². The van der Waals surface area contributed by atoms with E-state index in [-0.39, 0.29) is 5.41 Å². The van der Waals surface area contributed by atoms with Crippen LogP contribution in [0.1, 0.15) is 51.2 Å². The zero-order valence-corrected chi connectivity index (χ0v) is 13.8. The summed E-state index contributed by atoms with van der Waals surface area (Å²) in [4.78, 5) is 4.78. The summed E-state index contributed by atoms with van der Waals surface area (Å²) in [6.07, 6.45) is 3.27. The van der Waals surface area contributed by atoms with E-state index in [1.54, 1.807) is 18.4 Å². The number of thiazole rings is 1. The van der Waals surface area contributed by atoms with Crippen LogP contribution in [0.3, 0.4) is 0 Å². The zero-order chi connectivity index (χ0) is 14.3. The maximum atomic E-state index is 5.13. The van der Waals surface area contributed by atoms with Gasteiger partial charge in [-0.3, -0.25) is 0 Å². The lowest BCUT2D eigenvalue weighted by atomic mass is 9.93. The summed E-state index contributed by atoms with van der Waals surface area (Å²) in [5.41, 5.74) is 1.36. The topological polar surface area (TPSA) is 34.1 Å². The summed E-state index contributed by atoms with van der Waals surface area (Å²) < 4.78 is 5.13. The maximum Gasteiger partial charge on any atom is 0.0944 e. The SMILES string of the molecule is CCNC(CCCOC)Cc1nc(C(C)(C)C)cs1. The largest absolute Gasteiger partial charge is 0.385 e. The van der Waals surface area contributed by atoms with Gasteiger partial charge in [0.15, 0.2) is 0 Å². The molecule has 0 aliphatic carbocycles. The molecule has 1 atom stereocenters. The van der Waals surface area contributed by atoms with Gasteiger partial charge in [0.05, 0.1) is 10.7 Å². The van der Waals surface area contributed by atoms with Crippen molar-refractivity contribution in [2.24, 2.45) is 0 Å². The standard InChI is InChI=1S/C15H28N2OS/c1-6-16-12(8-7-9-18-5)10-14-17-13(11-19-14)15(2,3)4/h11-12,16H,6-10H2,1-5H3. The number of hydrogen-bond donors (Lipinski definition) is 1. The summed E-state index contributed by atoms with van der Waals surface area (Å²) in [7, 11) is 1.76. The van der Waals surface area contributed by atoms with Crippen LogP contribution < -0.4 is 5.32 Å². The van der Waals surface area contributed by atoms with Crippen molar-refractivity contribution in [3.05, 3.63) is 16.1 Å². The van der Waals surface area contributed by atoms with Crippen molar-refractivity contribution in [3.8, 4) is 0 Å². The Kier molecular flexibility index (Phi) is 6.97. The van der Waals surface area contributed by atoms with Crippen LogP contribution in [0.4, 0.5) is 0 Å². The minimum Gasteiger partial charge on any atom is -0.385 e. The van der Waals surface area contributed by atoms with Gasteiger partial charge in [-0.25, -0.2) is 4.98 Å². The second-order valence-electron chi connectivity index (χ2n) is 5.97. The maximum absolute atomic E-state index is 5.13. The van der Waals surface area contributed by atoms with Crippen molar-refractivity contribution in [1.82, 2.24) is 10.3 Å². The molecule has 3 nitrogen and oxygen atoms in total. The Morgan fingerprint density at radius 3 is 2.68 bits per heavy atom. The van der Waals surface area contributed by atoms with Crippen LogP contribution >= 0.6 is 11.3 Å². The highest BCUT2D eigenvalue weighted by Gasteiger charge is 2.18. The zero-order valence-electron chi connectivity index (χ0n) is 13.0. The van der Waals surface area contributed by atoms with Gasteiger partial charge in [-0.05, 0) is 19.4 Å². The fraction of sp³-hybridized carbons (Fsp3) is 0.800. The van der Waals surface area contributed by atoms with E-state index >= 15 is 0 Å². The molecule has 0 radical (unpaired) electrons. The molecule has 1 aromatic heterocycles. The fourth-order valence-electron chi connectivity index (χ4n) is 2.00. The first kappa shape index (κ1) is 16.6. The fourth-order valence-corrected chi connectivity index (χ4v) is 3.10. The lowest BCUT2D eigenvalue weighted by Gasteiger charge is -2.17. The van der Waals surface area contributed by atoms with E-state index in [1.165, 1.54) is 10.7 Å². The van der Waals surface area contributed by atoms with Crippen molar-refractivity contribution in [2.45, 2.75) is 58.4 Å². The summed E-state index contributed by atoms with van der Waals surface area (Å²) in [6, 6.07) is 0.513. The predicted molar refractivity (Wildman–Crippen MR) is 83.1 cm³/mol. The predicted octanol–water partition coefficient (Wildman–Crippen LogP) is 3.39. The van der Waals surface area contributed by atoms with Crippen LogP contribution in [0, 0.1) is 0 Å². The molecule has 0 fully saturated rings. The minimum absolute atomic E-state index is 0.151. The molecular weight excluding hydrogens is 256 g/mol. The van der Waals surface area contributed by atoms with E-state index in [1.807, 2.05) is 0 Å². The Labute approximate surface area is 121 Å². The van der Waals surface area contributed by atoms with Gasteiger partial charge in [0.25, 0.3) is 0 Å². The third-order valence-corrected chi connectivity index (χ3v) is 4.01. The molecule has 0 aliphatic heterocycles. The lowest BCUT2D eigenvalue weighted by molar-refractivity contribution is 0.188. The molecule has 19 heavy (non-hydrogen) atoms. The van der Waals surface area contributed by atoms with E-state index in [0.29, 0.717) is 6.04 Å². The van der Waals surface area contributed by atoms with Gasteiger partial charge in [-0.15, -0.1) is 11.3 Å². The average Bonchev–Trinajstić information content (AvgIpc) is 2.78. The summed E-state index contributed by atoms with van der Waals surface area (Å²) in [5.74, 6) is 0. The Morgan fingerprint density at radius 1 is 1.42 bits per heavy atom. The molecule has 1 N–H and O–H groups in total. The highest BCUT2D eigenvalue weighted by molar-refractivity contribution is 7.09. The molecular formula is C15H28N2OS. The van der Waals surface area contributed by atoms with Gasteiger partial charge in [0.2, 0.25) is 0 Å². The molecule has 0 aliphatic rings. The van der Waals surface area contributed by atoms with Crippen LogP contribution in [0.2, 0.25) is 0 Å². The van der Waals surface area contributed by atoms with Gasteiger partial charge >= 0.3 is 0 Å². The Bertz CT molecular complexity index is 357. The van der Waals surface area contributed by atoms with Crippen LogP contribution in [0.15, 0.2) is 5.38 Å². The van der Waals surface area contributed by atoms with Crippen molar-refractivity contribution in [3.63, 3.8) is 0 Å². The summed E-state index contributed by atoms with van der Waals surface area (Å²) in [6.45, 7) is 10.7. The minimum atomic E-state index is 0.151. The molecule has 1 aromatic rings. The average molecular weight is 284 g/mol. The smallest absolute Gasteiger partial charge is 0.0944 e. The molecule has 1 unspecified atom stereocenters. The molecule has 1 rings (SSSR count). The molecule has 4 heteroatoms. The van der Waals surface area contributed by atoms with Gasteiger partial charge < -0.3 is 10.1 Å². The van der Waals surface area contributed by atoms with E-state index in [0.717, 1.165) is 32.4 Å². The molecule has 0 spiro atoms. The Morgan fingerprint density at radius 2 is 2.16 bits per heavy atom. The van der Waals surface area contributed by atoms with Crippen molar-refractivity contribution >= 4 is 11.3 Å². The third kappa shape index (κ3) is 6.02. The van der Waals surface area contributed by atoms with E-state index < -0.39 is 0 Å². The number of hydrogen-bond acceptors (Lipinski definition) is 4. The van der Waals surface area contributed by atoms with Crippen molar-refractivity contribution < 1.29 is 4.74 Å². The van der Waals surface area contributed by atoms with Gasteiger partial charge in [0, 0.05) is 37.0 Å². The Hall–Kier alpha value is -0.450. The number of methoxy groups -OCH3 is 1. The van der Waals surface area contributed by atoms with Crippen LogP contribution in [-0.2, 0) is 16.6 Å². The second kappa shape index (κ2) is 7.98. The first-order valence-corrected chi connectivity index (χ1v) is 8.02. The van der Waals surface area contributed by atoms with E-state index in [4.69, 9.17) is 9.72 Å². The lowest BCUT2D eigenvalue weighted by Crippen LogP contribution is -2.31. The van der Waals surface area contributed by atoms with Gasteiger partial charge in [-0.2, -0.15) is 0 Å². The van der Waals surface area contributed by atoms with Gasteiger partial charge in [0.1, 0.15) is 0 Å². The molecule has 1 heterocycles. The molecule has 0 aromatic carbocycles. The van der Waals surface area contributed by atoms with E-state index in [9.17, 15) is 0 Å². The first-order chi connectivity index (χ1) is 8.97. The van der Waals surface area contributed by atoms with Crippen molar-refractivity contribution in [1.29, 1.82) is 0 Å². The molecule has 110 valence electrons. The van der Waals surface area contributed by atoms with E-state index in [2.05, 4.69) is 38.4 Å². The number of ether oxygens (including phenoxy) is 1. The Balaban J connectivity index is 2.55. The molecule has 0 bridgehead atoms. The number of rotatable bonds is 8. The number of nitrogens with one attached hydrogen (secondary N) is 1. The highest BCUT2D eigenvalue weighted by Crippen LogP contribution is 2.24. The normalized spacial score (nSPS) is 13.7. The molecule has 0 saturated heterocycles. The molecule has 0 amide bonds. The first-order valence-electron chi connectivity index (χ1n) is 7.14. The van der Waals surface area contributed by atoms with Crippen molar-refractivity contribution in [2.75, 3.05) is 20.3 Å². The summed E-state index contributed by atoms with van der Waals surface area (Å²) >= 11 is 1.79. The summed E-state index contributed by atoms with van der Waals surface area (Å²) in [5, 5.41) is 6.99.